The fraction of sp³-hybridized carbons (Fsp3) is 0.375. The number of hydrogen-bond donors (Lipinski definition) is 2. The van der Waals surface area contributed by atoms with Crippen molar-refractivity contribution >= 4 is 51.8 Å². The van der Waals surface area contributed by atoms with Gasteiger partial charge in [-0.15, -0.1) is 0 Å². The molecule has 3 rings (SSSR count). The number of benzene rings is 2. The largest absolute Gasteiger partial charge is 0.356 e. The number of hydrogen-bond acceptors (Lipinski definition) is 5. The van der Waals surface area contributed by atoms with Crippen LogP contribution in [0.3, 0.4) is 0 Å². The molecule has 3 aromatic rings. The van der Waals surface area contributed by atoms with Crippen molar-refractivity contribution in [1.29, 1.82) is 0 Å². The molecule has 1 aromatic heterocycles. The predicted molar refractivity (Wildman–Crippen MR) is 138 cm³/mol. The van der Waals surface area contributed by atoms with E-state index < -0.39 is 0 Å². The first-order chi connectivity index (χ1) is 16.0. The molecular weight excluding hydrogens is 479 g/mol. The maximum atomic E-state index is 13.3. The number of para-hydroxylation sites is 1. The number of nitrogens with zero attached hydrogens (tertiary/aromatic N) is 2. The molecular formula is C24H28Cl2N4O2S. The molecule has 3 N–H and O–H groups in total. The van der Waals surface area contributed by atoms with Crippen molar-refractivity contribution in [3.8, 4) is 5.69 Å². The summed E-state index contributed by atoms with van der Waals surface area (Å²) in [7, 11) is 0. The molecule has 1 heterocycles. The molecule has 0 bridgehead atoms. The first kappa shape index (κ1) is 25.6. The molecule has 0 aliphatic rings. The van der Waals surface area contributed by atoms with Crippen LogP contribution in [-0.2, 0) is 4.79 Å². The second kappa shape index (κ2) is 13.0. The van der Waals surface area contributed by atoms with Gasteiger partial charge in [-0.3, -0.25) is 14.2 Å². The molecule has 0 saturated heterocycles. The molecule has 0 unspecified atom stereocenters. The number of carbonyl (C=O) groups excluding carboxylic acids is 1. The summed E-state index contributed by atoms with van der Waals surface area (Å²) in [5.74, 6) is 0.693. The molecule has 0 aliphatic carbocycles. The van der Waals surface area contributed by atoms with Gasteiger partial charge in [0.25, 0.3) is 5.56 Å². The summed E-state index contributed by atoms with van der Waals surface area (Å²) < 4.78 is 1.55. The topological polar surface area (TPSA) is 90.0 Å². The standard InChI is InChI=1S/C24H28Cl2N4O2S/c25-19-12-11-17(16-20(19)26)30-23(32)18-8-3-4-9-21(18)29-24(30)33-15-7-10-22(31)28-14-6-2-1-5-13-27/h3-4,8-9,11-12,16H,1-2,5-7,10,13-15,27H2,(H,28,31). The fourth-order valence-corrected chi connectivity index (χ4v) is 4.64. The smallest absolute Gasteiger partial charge is 0.266 e. The van der Waals surface area contributed by atoms with Gasteiger partial charge in [0, 0.05) is 18.7 Å². The van der Waals surface area contributed by atoms with Crippen molar-refractivity contribution in [2.24, 2.45) is 5.73 Å². The molecule has 6 nitrogen and oxygen atoms in total. The van der Waals surface area contributed by atoms with Crippen molar-refractivity contribution in [3.05, 3.63) is 62.9 Å². The van der Waals surface area contributed by atoms with Crippen LogP contribution in [0.5, 0.6) is 0 Å². The minimum Gasteiger partial charge on any atom is -0.356 e. The maximum absolute atomic E-state index is 13.3. The number of carbonyl (C=O) groups is 1. The molecule has 0 spiro atoms. The lowest BCUT2D eigenvalue weighted by molar-refractivity contribution is -0.121. The first-order valence-corrected chi connectivity index (χ1v) is 12.8. The van der Waals surface area contributed by atoms with Crippen LogP contribution in [0.15, 0.2) is 52.4 Å². The van der Waals surface area contributed by atoms with Crippen LogP contribution in [0.1, 0.15) is 38.5 Å². The van der Waals surface area contributed by atoms with E-state index in [1.165, 1.54) is 11.8 Å². The zero-order valence-electron chi connectivity index (χ0n) is 18.4. The SMILES string of the molecule is NCCCCCCNC(=O)CCCSc1nc2ccccc2c(=O)n1-c1ccc(Cl)c(Cl)c1. The Labute approximate surface area is 207 Å². The van der Waals surface area contributed by atoms with Gasteiger partial charge in [-0.25, -0.2) is 4.98 Å². The summed E-state index contributed by atoms with van der Waals surface area (Å²) in [6, 6.07) is 12.3. The molecule has 33 heavy (non-hydrogen) atoms. The molecule has 1 amide bonds. The monoisotopic (exact) mass is 506 g/mol. The Kier molecular flexibility index (Phi) is 10.1. The third-order valence-electron chi connectivity index (χ3n) is 5.14. The number of nitrogens with one attached hydrogen (secondary N) is 1. The Hall–Kier alpha value is -2.06. The van der Waals surface area contributed by atoms with Crippen LogP contribution in [0.4, 0.5) is 0 Å². The van der Waals surface area contributed by atoms with Gasteiger partial charge in [-0.1, -0.05) is 59.9 Å². The van der Waals surface area contributed by atoms with Crippen LogP contribution in [0.2, 0.25) is 10.0 Å². The predicted octanol–water partition coefficient (Wildman–Crippen LogP) is 5.20. The summed E-state index contributed by atoms with van der Waals surface area (Å²) in [6.45, 7) is 1.41. The Bertz CT molecular complexity index is 1150. The van der Waals surface area contributed by atoms with Crippen molar-refractivity contribution in [3.63, 3.8) is 0 Å². The summed E-state index contributed by atoms with van der Waals surface area (Å²) >= 11 is 13.7. The van der Waals surface area contributed by atoms with E-state index in [1.54, 1.807) is 28.8 Å². The van der Waals surface area contributed by atoms with E-state index in [2.05, 4.69) is 5.32 Å². The quantitative estimate of drug-likeness (QED) is 0.200. The van der Waals surface area contributed by atoms with Gasteiger partial charge < -0.3 is 11.1 Å². The van der Waals surface area contributed by atoms with Gasteiger partial charge in [0.1, 0.15) is 0 Å². The lowest BCUT2D eigenvalue weighted by atomic mass is 10.2. The van der Waals surface area contributed by atoms with Crippen LogP contribution in [0.25, 0.3) is 16.6 Å². The van der Waals surface area contributed by atoms with Gasteiger partial charge in [-0.2, -0.15) is 0 Å². The van der Waals surface area contributed by atoms with Gasteiger partial charge in [-0.05, 0) is 56.1 Å². The average molecular weight is 507 g/mol. The first-order valence-electron chi connectivity index (χ1n) is 11.1. The Morgan fingerprint density at radius 2 is 1.82 bits per heavy atom. The van der Waals surface area contributed by atoms with Crippen molar-refractivity contribution in [2.45, 2.75) is 43.7 Å². The van der Waals surface area contributed by atoms with E-state index in [1.807, 2.05) is 18.2 Å². The molecule has 176 valence electrons. The Morgan fingerprint density at radius 3 is 2.61 bits per heavy atom. The molecule has 9 heteroatoms. The van der Waals surface area contributed by atoms with Crippen LogP contribution >= 0.6 is 35.0 Å². The zero-order valence-corrected chi connectivity index (χ0v) is 20.7. The van der Waals surface area contributed by atoms with E-state index in [0.29, 0.717) is 56.9 Å². The third kappa shape index (κ3) is 7.21. The molecule has 0 saturated carbocycles. The van der Waals surface area contributed by atoms with Crippen LogP contribution < -0.4 is 16.6 Å². The van der Waals surface area contributed by atoms with Crippen molar-refractivity contribution in [2.75, 3.05) is 18.8 Å². The Balaban J connectivity index is 1.65. The summed E-state index contributed by atoms with van der Waals surface area (Å²) in [5, 5.41) is 4.83. The minimum absolute atomic E-state index is 0.0442. The normalized spacial score (nSPS) is 11.1. The number of nitrogens with two attached hydrogens (primary N) is 1. The van der Waals surface area contributed by atoms with Crippen LogP contribution in [0, 0.1) is 0 Å². The van der Waals surface area contributed by atoms with E-state index in [4.69, 9.17) is 33.9 Å². The fourth-order valence-electron chi connectivity index (χ4n) is 3.40. The minimum atomic E-state index is -0.172. The maximum Gasteiger partial charge on any atom is 0.266 e. The van der Waals surface area contributed by atoms with Gasteiger partial charge >= 0.3 is 0 Å². The zero-order chi connectivity index (χ0) is 23.6. The van der Waals surface area contributed by atoms with Crippen molar-refractivity contribution < 1.29 is 4.79 Å². The molecule has 0 aliphatic heterocycles. The summed E-state index contributed by atoms with van der Waals surface area (Å²) in [5.41, 5.74) is 6.55. The lowest BCUT2D eigenvalue weighted by Gasteiger charge is -2.14. The second-order valence-corrected chi connectivity index (χ2v) is 9.53. The molecule has 0 fully saturated rings. The van der Waals surface area contributed by atoms with E-state index in [9.17, 15) is 9.59 Å². The number of halogens is 2. The highest BCUT2D eigenvalue weighted by molar-refractivity contribution is 7.99. The van der Waals surface area contributed by atoms with Gasteiger partial charge in [0.15, 0.2) is 5.16 Å². The third-order valence-corrected chi connectivity index (χ3v) is 6.90. The number of fused-ring (bicyclic) bond motifs is 1. The van der Waals surface area contributed by atoms with E-state index >= 15 is 0 Å². The number of thioether (sulfide) groups is 1. The van der Waals surface area contributed by atoms with E-state index in [-0.39, 0.29) is 11.5 Å². The lowest BCUT2D eigenvalue weighted by Crippen LogP contribution is -2.24. The number of aromatic nitrogens is 2. The van der Waals surface area contributed by atoms with Gasteiger partial charge in [0.05, 0.1) is 26.6 Å². The number of amides is 1. The second-order valence-electron chi connectivity index (χ2n) is 7.66. The Morgan fingerprint density at radius 1 is 1.03 bits per heavy atom. The van der Waals surface area contributed by atoms with E-state index in [0.717, 1.165) is 32.2 Å². The van der Waals surface area contributed by atoms with Gasteiger partial charge in [0.2, 0.25) is 5.91 Å². The molecule has 2 aromatic carbocycles. The highest BCUT2D eigenvalue weighted by Crippen LogP contribution is 2.27. The molecule has 0 radical (unpaired) electrons. The van der Waals surface area contributed by atoms with Crippen LogP contribution in [-0.4, -0.2) is 34.3 Å². The van der Waals surface area contributed by atoms with Crippen molar-refractivity contribution in [1.82, 2.24) is 14.9 Å². The number of unbranched alkanes of at least 4 members (excludes halogenated alkanes) is 3. The number of rotatable bonds is 12. The summed E-state index contributed by atoms with van der Waals surface area (Å²) in [4.78, 5) is 30.1. The average Bonchev–Trinajstić information content (AvgIpc) is 2.81. The molecule has 0 atom stereocenters. The highest BCUT2D eigenvalue weighted by atomic mass is 35.5. The highest BCUT2D eigenvalue weighted by Gasteiger charge is 2.14. The summed E-state index contributed by atoms with van der Waals surface area (Å²) in [6.07, 6.45) is 5.28.